The maximum absolute atomic E-state index is 11.3. The highest BCUT2D eigenvalue weighted by Crippen LogP contribution is 2.17. The minimum atomic E-state index is -0.387. The second-order valence-electron chi connectivity index (χ2n) is 3.65. The second kappa shape index (κ2) is 4.67. The zero-order chi connectivity index (χ0) is 11.4. The fraction of sp³-hybridized carbons (Fsp3) is 0.333. The maximum Gasteiger partial charge on any atom is 0.411 e. The molecule has 1 aromatic rings. The van der Waals surface area contributed by atoms with E-state index in [-0.39, 0.29) is 12.1 Å². The van der Waals surface area contributed by atoms with Crippen LogP contribution in [0.3, 0.4) is 0 Å². The molecular weight excluding hydrogens is 204 g/mol. The summed E-state index contributed by atoms with van der Waals surface area (Å²) in [6.45, 7) is 0.859. The lowest BCUT2D eigenvalue weighted by Crippen LogP contribution is -2.16. The Hall–Kier alpha value is -2.02. The number of hydrogen-bond acceptors (Lipinski definition) is 3. The topological polar surface area (TPSA) is 53.1 Å². The summed E-state index contributed by atoms with van der Waals surface area (Å²) in [6.07, 6.45) is 0.319. The van der Waals surface area contributed by atoms with Crippen molar-refractivity contribution >= 4 is 6.09 Å². The molecule has 4 nitrogen and oxygen atoms in total. The van der Waals surface area contributed by atoms with Gasteiger partial charge in [-0.2, -0.15) is 5.26 Å². The van der Waals surface area contributed by atoms with E-state index in [4.69, 9.17) is 10.00 Å². The number of ether oxygens (including phenoxy) is 1. The Balaban J connectivity index is 1.70. The Morgan fingerprint density at radius 1 is 1.50 bits per heavy atom. The zero-order valence-electron chi connectivity index (χ0n) is 8.80. The second-order valence-corrected chi connectivity index (χ2v) is 3.65. The lowest BCUT2D eigenvalue weighted by molar-refractivity contribution is 0.131. The fourth-order valence-corrected chi connectivity index (χ4v) is 1.44. The van der Waals surface area contributed by atoms with Gasteiger partial charge in [0, 0.05) is 6.42 Å². The normalized spacial score (nSPS) is 17.7. The summed E-state index contributed by atoms with van der Waals surface area (Å²) in [5.74, 6) is 0. The van der Waals surface area contributed by atoms with E-state index in [9.17, 15) is 4.79 Å². The molecule has 1 heterocycles. The van der Waals surface area contributed by atoms with Crippen molar-refractivity contribution in [3.63, 3.8) is 0 Å². The van der Waals surface area contributed by atoms with Gasteiger partial charge in [0.2, 0.25) is 0 Å². The number of carbonyl (C=O) groups is 1. The van der Waals surface area contributed by atoms with Crippen LogP contribution in [0, 0.1) is 11.3 Å². The molecule has 1 aromatic carbocycles. The number of hydrogen-bond donors (Lipinski definition) is 0. The summed E-state index contributed by atoms with van der Waals surface area (Å²) in [7, 11) is 0. The van der Waals surface area contributed by atoms with Crippen molar-refractivity contribution in [1.82, 2.24) is 4.90 Å². The SMILES string of the molecule is N#CC1CN1C(=O)OCCc1ccccc1. The van der Waals surface area contributed by atoms with E-state index in [1.165, 1.54) is 4.90 Å². The summed E-state index contributed by atoms with van der Waals surface area (Å²) < 4.78 is 5.04. The number of nitriles is 1. The lowest BCUT2D eigenvalue weighted by atomic mass is 10.2. The molecule has 0 spiro atoms. The molecule has 1 saturated heterocycles. The van der Waals surface area contributed by atoms with Gasteiger partial charge in [0.15, 0.2) is 0 Å². The summed E-state index contributed by atoms with van der Waals surface area (Å²) in [5, 5.41) is 8.53. The smallest absolute Gasteiger partial charge is 0.411 e. The zero-order valence-corrected chi connectivity index (χ0v) is 8.80. The van der Waals surface area contributed by atoms with E-state index in [2.05, 4.69) is 0 Å². The summed E-state index contributed by atoms with van der Waals surface area (Å²) in [6, 6.07) is 11.6. The van der Waals surface area contributed by atoms with Crippen molar-refractivity contribution < 1.29 is 9.53 Å². The Kier molecular flexibility index (Phi) is 3.06. The van der Waals surface area contributed by atoms with Crippen LogP contribution in [0.25, 0.3) is 0 Å². The fourth-order valence-electron chi connectivity index (χ4n) is 1.44. The number of rotatable bonds is 3. The number of benzene rings is 1. The first kappa shape index (κ1) is 10.5. The van der Waals surface area contributed by atoms with Crippen molar-refractivity contribution in [2.45, 2.75) is 12.5 Å². The Morgan fingerprint density at radius 2 is 2.25 bits per heavy atom. The first-order valence-corrected chi connectivity index (χ1v) is 5.18. The van der Waals surface area contributed by atoms with Crippen LogP contribution < -0.4 is 0 Å². The quantitative estimate of drug-likeness (QED) is 0.721. The monoisotopic (exact) mass is 216 g/mol. The minimum absolute atomic E-state index is 0.274. The predicted octanol–water partition coefficient (Wildman–Crippen LogP) is 1.57. The molecular formula is C12H12N2O2. The summed E-state index contributed by atoms with van der Waals surface area (Å²) in [5.41, 5.74) is 1.14. The van der Waals surface area contributed by atoms with Gasteiger partial charge in [0.1, 0.15) is 6.04 Å². The standard InChI is InChI=1S/C12H12N2O2/c13-8-11-9-14(11)12(15)16-7-6-10-4-2-1-3-5-10/h1-5,11H,6-7,9H2. The van der Waals surface area contributed by atoms with Gasteiger partial charge in [0.05, 0.1) is 19.2 Å². The molecule has 0 saturated carbocycles. The lowest BCUT2D eigenvalue weighted by Gasteiger charge is -2.05. The van der Waals surface area contributed by atoms with Gasteiger partial charge < -0.3 is 4.74 Å². The van der Waals surface area contributed by atoms with Crippen molar-refractivity contribution in [2.75, 3.05) is 13.2 Å². The average Bonchev–Trinajstić information content (AvgIpc) is 3.09. The van der Waals surface area contributed by atoms with E-state index in [0.29, 0.717) is 19.6 Å². The molecule has 1 fully saturated rings. The molecule has 1 amide bonds. The molecule has 1 atom stereocenters. The van der Waals surface area contributed by atoms with Gasteiger partial charge in [-0.1, -0.05) is 30.3 Å². The summed E-state index contributed by atoms with van der Waals surface area (Å²) >= 11 is 0. The molecule has 0 aliphatic carbocycles. The van der Waals surface area contributed by atoms with Gasteiger partial charge in [0.25, 0.3) is 0 Å². The molecule has 0 radical (unpaired) electrons. The van der Waals surface area contributed by atoms with Gasteiger partial charge >= 0.3 is 6.09 Å². The molecule has 0 bridgehead atoms. The minimum Gasteiger partial charge on any atom is -0.449 e. The van der Waals surface area contributed by atoms with Gasteiger partial charge in [-0.15, -0.1) is 0 Å². The molecule has 0 aromatic heterocycles. The van der Waals surface area contributed by atoms with Crippen LogP contribution in [-0.2, 0) is 11.2 Å². The van der Waals surface area contributed by atoms with Crippen LogP contribution in [0.1, 0.15) is 5.56 Å². The highest BCUT2D eigenvalue weighted by atomic mass is 16.6. The average molecular weight is 216 g/mol. The third-order valence-electron chi connectivity index (χ3n) is 2.45. The van der Waals surface area contributed by atoms with Gasteiger partial charge in [-0.25, -0.2) is 4.79 Å². The van der Waals surface area contributed by atoms with Crippen molar-refractivity contribution in [3.05, 3.63) is 35.9 Å². The van der Waals surface area contributed by atoms with Crippen LogP contribution in [0.5, 0.6) is 0 Å². The Bertz CT molecular complexity index is 411. The van der Waals surface area contributed by atoms with Crippen LogP contribution in [0.4, 0.5) is 4.79 Å². The Labute approximate surface area is 94.0 Å². The molecule has 82 valence electrons. The third-order valence-corrected chi connectivity index (χ3v) is 2.45. The highest BCUT2D eigenvalue weighted by molar-refractivity contribution is 5.71. The van der Waals surface area contributed by atoms with Crippen LogP contribution in [-0.4, -0.2) is 30.2 Å². The van der Waals surface area contributed by atoms with E-state index in [1.807, 2.05) is 36.4 Å². The van der Waals surface area contributed by atoms with E-state index >= 15 is 0 Å². The highest BCUT2D eigenvalue weighted by Gasteiger charge is 2.39. The van der Waals surface area contributed by atoms with Crippen molar-refractivity contribution in [2.24, 2.45) is 0 Å². The number of amides is 1. The number of nitrogens with zero attached hydrogens (tertiary/aromatic N) is 2. The maximum atomic E-state index is 11.3. The molecule has 16 heavy (non-hydrogen) atoms. The molecule has 1 aliphatic rings. The predicted molar refractivity (Wildman–Crippen MR) is 57.6 cm³/mol. The first-order valence-electron chi connectivity index (χ1n) is 5.18. The van der Waals surface area contributed by atoms with E-state index < -0.39 is 0 Å². The third kappa shape index (κ3) is 2.51. The van der Waals surface area contributed by atoms with Crippen molar-refractivity contribution in [3.8, 4) is 6.07 Å². The molecule has 0 N–H and O–H groups in total. The molecule has 1 unspecified atom stereocenters. The van der Waals surface area contributed by atoms with Gasteiger partial charge in [-0.3, -0.25) is 4.90 Å². The Morgan fingerprint density at radius 3 is 2.88 bits per heavy atom. The largest absolute Gasteiger partial charge is 0.449 e. The molecule has 4 heteroatoms. The first-order chi connectivity index (χ1) is 7.81. The van der Waals surface area contributed by atoms with Crippen LogP contribution >= 0.6 is 0 Å². The van der Waals surface area contributed by atoms with E-state index in [0.717, 1.165) is 5.56 Å². The van der Waals surface area contributed by atoms with Gasteiger partial charge in [-0.05, 0) is 5.56 Å². The van der Waals surface area contributed by atoms with Crippen molar-refractivity contribution in [1.29, 1.82) is 5.26 Å². The van der Waals surface area contributed by atoms with Crippen LogP contribution in [0.2, 0.25) is 0 Å². The molecule has 2 rings (SSSR count). The number of carbonyl (C=O) groups excluding carboxylic acids is 1. The van der Waals surface area contributed by atoms with Crippen LogP contribution in [0.15, 0.2) is 30.3 Å². The summed E-state index contributed by atoms with van der Waals surface area (Å²) in [4.78, 5) is 12.7. The molecule has 1 aliphatic heterocycles. The van der Waals surface area contributed by atoms with E-state index in [1.54, 1.807) is 0 Å².